The molecule has 12 heteroatoms. The summed E-state index contributed by atoms with van der Waals surface area (Å²) in [7, 11) is -0.720. The summed E-state index contributed by atoms with van der Waals surface area (Å²) in [5, 5.41) is 5.73. The summed E-state index contributed by atoms with van der Waals surface area (Å²) in [6.07, 6.45) is 1.27. The van der Waals surface area contributed by atoms with E-state index in [2.05, 4.69) is 15.6 Å². The van der Waals surface area contributed by atoms with Gasteiger partial charge in [-0.25, -0.2) is 17.7 Å². The summed E-state index contributed by atoms with van der Waals surface area (Å²) in [4.78, 5) is 43.6. The summed E-state index contributed by atoms with van der Waals surface area (Å²) in [5.74, 6) is -0.832. The van der Waals surface area contributed by atoms with Gasteiger partial charge in [-0.3, -0.25) is 19.0 Å². The fraction of sp³-hybridized carbons (Fsp3) is 0.167. The number of aromatic nitrogens is 2. The van der Waals surface area contributed by atoms with E-state index in [-0.39, 0.29) is 22.7 Å². The molecule has 2 heterocycles. The zero-order chi connectivity index (χ0) is 26.0. The van der Waals surface area contributed by atoms with Crippen molar-refractivity contribution in [3.63, 3.8) is 0 Å². The summed E-state index contributed by atoms with van der Waals surface area (Å²) in [6, 6.07) is 14.7. The first kappa shape index (κ1) is 25.2. The van der Waals surface area contributed by atoms with Crippen molar-refractivity contribution in [3.8, 4) is 0 Å². The number of nitrogens with zero attached hydrogens (tertiary/aromatic N) is 3. The van der Waals surface area contributed by atoms with Crippen molar-refractivity contribution in [2.45, 2.75) is 18.4 Å². The van der Waals surface area contributed by atoms with Crippen LogP contribution in [0.3, 0.4) is 0 Å². The van der Waals surface area contributed by atoms with Crippen LogP contribution in [0.2, 0.25) is 0 Å². The number of para-hydroxylation sites is 1. The Balaban J connectivity index is 1.52. The second kappa shape index (κ2) is 10.0. The van der Waals surface area contributed by atoms with E-state index in [1.54, 1.807) is 31.2 Å². The second-order valence-corrected chi connectivity index (χ2v) is 11.2. The largest absolute Gasteiger partial charge is 0.325 e. The molecule has 2 N–H and O–H groups in total. The molecule has 36 heavy (non-hydrogen) atoms. The van der Waals surface area contributed by atoms with Crippen LogP contribution in [-0.2, 0) is 21.4 Å². The maximum Gasteiger partial charge on any atom is 0.266 e. The van der Waals surface area contributed by atoms with Crippen molar-refractivity contribution < 1.29 is 18.0 Å². The van der Waals surface area contributed by atoms with Gasteiger partial charge in [0.05, 0.1) is 21.5 Å². The van der Waals surface area contributed by atoms with Gasteiger partial charge in [-0.1, -0.05) is 18.2 Å². The molecule has 2 aromatic carbocycles. The van der Waals surface area contributed by atoms with E-state index in [0.717, 1.165) is 15.6 Å². The third kappa shape index (κ3) is 5.05. The fourth-order valence-electron chi connectivity index (χ4n) is 3.47. The number of anilines is 2. The number of amides is 2. The molecule has 2 amide bonds. The SMILES string of the molecule is Cc1c(C(=O)Nc2ccccc2)sc2ncn(CC(=O)Nc3ccc(S(=O)(=O)N(C)C)cc3)c(=O)c12. The molecule has 10 nitrogen and oxygen atoms in total. The minimum Gasteiger partial charge on any atom is -0.325 e. The first-order valence-electron chi connectivity index (χ1n) is 10.8. The molecule has 4 aromatic rings. The molecule has 2 aromatic heterocycles. The van der Waals surface area contributed by atoms with Gasteiger partial charge in [0.1, 0.15) is 11.4 Å². The smallest absolute Gasteiger partial charge is 0.266 e. The molecule has 0 bridgehead atoms. The summed E-state index contributed by atoms with van der Waals surface area (Å²) in [6.45, 7) is 1.37. The lowest BCUT2D eigenvalue weighted by atomic mass is 10.2. The first-order chi connectivity index (χ1) is 17.1. The number of hydrogen-bond donors (Lipinski definition) is 2. The van der Waals surface area contributed by atoms with Crippen molar-refractivity contribution in [2.75, 3.05) is 24.7 Å². The van der Waals surface area contributed by atoms with E-state index < -0.39 is 21.5 Å². The molecular formula is C24H23N5O5S2. The van der Waals surface area contributed by atoms with Crippen LogP contribution < -0.4 is 16.2 Å². The minimum atomic E-state index is -3.58. The van der Waals surface area contributed by atoms with E-state index in [4.69, 9.17) is 0 Å². The van der Waals surface area contributed by atoms with Crippen LogP contribution in [0.1, 0.15) is 15.2 Å². The molecule has 0 radical (unpaired) electrons. The van der Waals surface area contributed by atoms with Crippen LogP contribution in [0.5, 0.6) is 0 Å². The molecule has 0 saturated heterocycles. The third-order valence-electron chi connectivity index (χ3n) is 5.39. The minimum absolute atomic E-state index is 0.0939. The number of hydrogen-bond acceptors (Lipinski definition) is 7. The van der Waals surface area contributed by atoms with Crippen molar-refractivity contribution in [1.29, 1.82) is 0 Å². The van der Waals surface area contributed by atoms with Crippen LogP contribution in [0.15, 0.2) is 70.6 Å². The topological polar surface area (TPSA) is 130 Å². The van der Waals surface area contributed by atoms with E-state index in [9.17, 15) is 22.8 Å². The zero-order valence-electron chi connectivity index (χ0n) is 19.7. The second-order valence-electron chi connectivity index (χ2n) is 8.09. The van der Waals surface area contributed by atoms with Crippen molar-refractivity contribution in [1.82, 2.24) is 13.9 Å². The summed E-state index contributed by atoms with van der Waals surface area (Å²) < 4.78 is 26.6. The Hall–Kier alpha value is -3.87. The molecule has 0 unspecified atom stereocenters. The number of nitrogens with one attached hydrogen (secondary N) is 2. The Kier molecular flexibility index (Phi) is 7.02. The van der Waals surface area contributed by atoms with Gasteiger partial charge in [0.2, 0.25) is 15.9 Å². The maximum atomic E-state index is 13.1. The van der Waals surface area contributed by atoms with E-state index in [0.29, 0.717) is 26.6 Å². The van der Waals surface area contributed by atoms with Gasteiger partial charge in [0, 0.05) is 25.5 Å². The maximum absolute atomic E-state index is 13.1. The van der Waals surface area contributed by atoms with Crippen LogP contribution in [0, 0.1) is 6.92 Å². The molecule has 0 spiro atoms. The third-order valence-corrected chi connectivity index (χ3v) is 8.41. The highest BCUT2D eigenvalue weighted by atomic mass is 32.2. The predicted octanol–water partition coefficient (Wildman–Crippen LogP) is 2.91. The molecule has 0 aliphatic heterocycles. The number of benzene rings is 2. The molecule has 0 aliphatic rings. The van der Waals surface area contributed by atoms with Crippen LogP contribution in [0.4, 0.5) is 11.4 Å². The Morgan fingerprint density at radius 3 is 2.28 bits per heavy atom. The Morgan fingerprint density at radius 1 is 1.00 bits per heavy atom. The Labute approximate surface area is 211 Å². The number of carbonyl (C=O) groups is 2. The highest BCUT2D eigenvalue weighted by Gasteiger charge is 2.21. The van der Waals surface area contributed by atoms with Crippen molar-refractivity contribution >= 4 is 54.8 Å². The normalized spacial score (nSPS) is 11.6. The van der Waals surface area contributed by atoms with E-state index in [1.807, 2.05) is 6.07 Å². The average molecular weight is 526 g/mol. The highest BCUT2D eigenvalue weighted by Crippen LogP contribution is 2.27. The number of rotatable bonds is 7. The van der Waals surface area contributed by atoms with E-state index >= 15 is 0 Å². The molecule has 0 atom stereocenters. The number of fused-ring (bicyclic) bond motifs is 1. The van der Waals surface area contributed by atoms with Gasteiger partial charge in [-0.2, -0.15) is 0 Å². The van der Waals surface area contributed by atoms with Gasteiger partial charge in [-0.05, 0) is 48.9 Å². The number of carbonyl (C=O) groups excluding carboxylic acids is 2. The standard InChI is InChI=1S/C24H23N5O5S2/c1-15-20-23(35-21(15)22(31)27-16-7-5-4-6-8-16)25-14-29(24(20)32)13-19(30)26-17-9-11-18(12-10-17)36(33,34)28(2)3/h4-12,14H,13H2,1-3H3,(H,26,30)(H,27,31). The molecule has 0 aliphatic carbocycles. The summed E-state index contributed by atoms with van der Waals surface area (Å²) in [5.41, 5.74) is 1.07. The zero-order valence-corrected chi connectivity index (χ0v) is 21.3. The quantitative estimate of drug-likeness (QED) is 0.382. The molecule has 186 valence electrons. The Morgan fingerprint density at radius 2 is 1.64 bits per heavy atom. The van der Waals surface area contributed by atoms with Gasteiger partial charge >= 0.3 is 0 Å². The number of sulfonamides is 1. The van der Waals surface area contributed by atoms with E-state index in [1.165, 1.54) is 49.3 Å². The molecule has 4 rings (SSSR count). The molecule has 0 fully saturated rings. The number of aryl methyl sites for hydroxylation is 1. The van der Waals surface area contributed by atoms with Gasteiger partial charge in [-0.15, -0.1) is 11.3 Å². The highest BCUT2D eigenvalue weighted by molar-refractivity contribution is 7.89. The van der Waals surface area contributed by atoms with Gasteiger partial charge in [0.15, 0.2) is 0 Å². The van der Waals surface area contributed by atoms with Crippen molar-refractivity contribution in [3.05, 3.63) is 81.7 Å². The van der Waals surface area contributed by atoms with Gasteiger partial charge < -0.3 is 10.6 Å². The first-order valence-corrected chi connectivity index (χ1v) is 13.0. The lowest BCUT2D eigenvalue weighted by Crippen LogP contribution is -2.28. The summed E-state index contributed by atoms with van der Waals surface area (Å²) >= 11 is 1.11. The fourth-order valence-corrected chi connectivity index (χ4v) is 5.41. The lowest BCUT2D eigenvalue weighted by molar-refractivity contribution is -0.116. The number of thiophene rings is 1. The van der Waals surface area contributed by atoms with Crippen LogP contribution >= 0.6 is 11.3 Å². The Bertz CT molecular complexity index is 1610. The van der Waals surface area contributed by atoms with Crippen LogP contribution in [0.25, 0.3) is 10.2 Å². The molecular weight excluding hydrogens is 502 g/mol. The average Bonchev–Trinajstić information content (AvgIpc) is 3.19. The monoisotopic (exact) mass is 525 g/mol. The van der Waals surface area contributed by atoms with Crippen LogP contribution in [-0.4, -0.2) is 48.2 Å². The molecule has 0 saturated carbocycles. The van der Waals surface area contributed by atoms with Crippen molar-refractivity contribution in [2.24, 2.45) is 0 Å². The van der Waals surface area contributed by atoms with Gasteiger partial charge in [0.25, 0.3) is 11.5 Å². The lowest BCUT2D eigenvalue weighted by Gasteiger charge is -2.12. The predicted molar refractivity (Wildman–Crippen MR) is 139 cm³/mol.